The van der Waals surface area contributed by atoms with Crippen LogP contribution in [-0.4, -0.2) is 16.7 Å². The predicted molar refractivity (Wildman–Crippen MR) is 70.9 cm³/mol. The lowest BCUT2D eigenvalue weighted by Crippen LogP contribution is -2.26. The average molecular weight is 235 g/mol. The summed E-state index contributed by atoms with van der Waals surface area (Å²) in [5, 5.41) is 10.9. The topological polar surface area (TPSA) is 40.7 Å². The van der Waals surface area contributed by atoms with Crippen molar-refractivity contribution in [3.63, 3.8) is 0 Å². The average Bonchev–Trinajstić information content (AvgIpc) is 2.63. The van der Waals surface area contributed by atoms with Crippen LogP contribution in [-0.2, 0) is 6.54 Å². The lowest BCUT2D eigenvalue weighted by Gasteiger charge is -2.26. The minimum Gasteiger partial charge on any atom is -0.312 e. The van der Waals surface area contributed by atoms with Gasteiger partial charge in [0.15, 0.2) is 0 Å². The first kappa shape index (κ1) is 12.6. The van der Waals surface area contributed by atoms with Crippen LogP contribution in [0, 0.1) is 25.7 Å². The van der Waals surface area contributed by atoms with Crippen LogP contribution in [0.2, 0.25) is 0 Å². The molecule has 0 atom stereocenters. The van der Waals surface area contributed by atoms with Gasteiger partial charge in [-0.2, -0.15) is 5.10 Å². The second kappa shape index (κ2) is 5.67. The Kier molecular flexibility index (Phi) is 4.21. The molecule has 17 heavy (non-hydrogen) atoms. The van der Waals surface area contributed by atoms with Crippen molar-refractivity contribution in [3.05, 3.63) is 17.0 Å². The van der Waals surface area contributed by atoms with Gasteiger partial charge in [-0.1, -0.05) is 19.8 Å². The van der Waals surface area contributed by atoms with E-state index < -0.39 is 0 Å². The van der Waals surface area contributed by atoms with Crippen molar-refractivity contribution in [1.82, 2.24) is 15.5 Å². The highest BCUT2D eigenvalue weighted by Crippen LogP contribution is 2.27. The number of aromatic nitrogens is 2. The van der Waals surface area contributed by atoms with Gasteiger partial charge in [-0.05, 0) is 45.1 Å². The Morgan fingerprint density at radius 1 is 1.24 bits per heavy atom. The number of aromatic amines is 1. The fourth-order valence-electron chi connectivity index (χ4n) is 2.77. The van der Waals surface area contributed by atoms with Crippen molar-refractivity contribution in [2.45, 2.75) is 53.0 Å². The summed E-state index contributed by atoms with van der Waals surface area (Å²) in [6.07, 6.45) is 5.63. The zero-order valence-corrected chi connectivity index (χ0v) is 11.3. The molecule has 1 saturated carbocycles. The largest absolute Gasteiger partial charge is 0.312 e. The molecule has 0 saturated heterocycles. The maximum Gasteiger partial charge on any atom is 0.0638 e. The Balaban J connectivity index is 1.73. The molecule has 1 heterocycles. The molecule has 1 aliphatic rings. The Labute approximate surface area is 104 Å². The molecule has 1 aromatic heterocycles. The molecule has 0 bridgehead atoms. The predicted octanol–water partition coefficient (Wildman–Crippen LogP) is 2.94. The molecule has 0 aliphatic heterocycles. The standard InChI is InChI=1S/C14H25N3/c1-10-4-6-13(7-5-10)8-15-9-14-11(2)16-17-12(14)3/h10,13,15H,4-9H2,1-3H3,(H,16,17). The van der Waals surface area contributed by atoms with Crippen molar-refractivity contribution < 1.29 is 0 Å². The van der Waals surface area contributed by atoms with E-state index in [0.717, 1.165) is 30.6 Å². The molecule has 0 spiro atoms. The third kappa shape index (κ3) is 3.32. The molecule has 96 valence electrons. The van der Waals surface area contributed by atoms with E-state index in [1.165, 1.54) is 36.9 Å². The highest BCUT2D eigenvalue weighted by atomic mass is 15.1. The van der Waals surface area contributed by atoms with Gasteiger partial charge in [0.2, 0.25) is 0 Å². The summed E-state index contributed by atoms with van der Waals surface area (Å²) in [6.45, 7) is 8.67. The van der Waals surface area contributed by atoms with Gasteiger partial charge in [0.05, 0.1) is 5.69 Å². The fraction of sp³-hybridized carbons (Fsp3) is 0.786. The summed E-state index contributed by atoms with van der Waals surface area (Å²) in [6, 6.07) is 0. The van der Waals surface area contributed by atoms with Crippen LogP contribution in [0.1, 0.15) is 49.6 Å². The van der Waals surface area contributed by atoms with Gasteiger partial charge < -0.3 is 5.32 Å². The molecule has 3 nitrogen and oxygen atoms in total. The van der Waals surface area contributed by atoms with E-state index >= 15 is 0 Å². The lowest BCUT2D eigenvalue weighted by molar-refractivity contribution is 0.281. The Morgan fingerprint density at radius 3 is 2.53 bits per heavy atom. The van der Waals surface area contributed by atoms with Crippen LogP contribution in [0.5, 0.6) is 0 Å². The van der Waals surface area contributed by atoms with E-state index in [4.69, 9.17) is 0 Å². The van der Waals surface area contributed by atoms with Gasteiger partial charge in [-0.3, -0.25) is 5.10 Å². The first-order chi connectivity index (χ1) is 8.16. The van der Waals surface area contributed by atoms with Gasteiger partial charge in [0, 0.05) is 17.8 Å². The molecule has 3 heteroatoms. The SMILES string of the molecule is Cc1n[nH]c(C)c1CNCC1CCC(C)CC1. The minimum atomic E-state index is 0.888. The van der Waals surface area contributed by atoms with Gasteiger partial charge >= 0.3 is 0 Å². The fourth-order valence-corrected chi connectivity index (χ4v) is 2.77. The van der Waals surface area contributed by atoms with E-state index in [-0.39, 0.29) is 0 Å². The van der Waals surface area contributed by atoms with Gasteiger partial charge in [0.1, 0.15) is 0 Å². The molecule has 0 radical (unpaired) electrons. The number of hydrogen-bond donors (Lipinski definition) is 2. The highest BCUT2D eigenvalue weighted by molar-refractivity contribution is 5.22. The molecule has 0 unspecified atom stereocenters. The number of aryl methyl sites for hydroxylation is 2. The van der Waals surface area contributed by atoms with Crippen molar-refractivity contribution >= 4 is 0 Å². The number of hydrogen-bond acceptors (Lipinski definition) is 2. The van der Waals surface area contributed by atoms with Gasteiger partial charge in [-0.25, -0.2) is 0 Å². The summed E-state index contributed by atoms with van der Waals surface area (Å²) < 4.78 is 0. The molecular formula is C14H25N3. The van der Waals surface area contributed by atoms with E-state index in [2.05, 4.69) is 36.3 Å². The van der Waals surface area contributed by atoms with Crippen LogP contribution in [0.15, 0.2) is 0 Å². The molecule has 0 amide bonds. The van der Waals surface area contributed by atoms with Crippen molar-refractivity contribution in [2.75, 3.05) is 6.54 Å². The third-order valence-corrected chi connectivity index (χ3v) is 4.15. The van der Waals surface area contributed by atoms with Crippen LogP contribution in [0.4, 0.5) is 0 Å². The lowest BCUT2D eigenvalue weighted by atomic mass is 9.83. The summed E-state index contributed by atoms with van der Waals surface area (Å²) >= 11 is 0. The monoisotopic (exact) mass is 235 g/mol. The third-order valence-electron chi connectivity index (χ3n) is 4.15. The quantitative estimate of drug-likeness (QED) is 0.842. The number of nitrogens with one attached hydrogen (secondary N) is 2. The van der Waals surface area contributed by atoms with Crippen molar-refractivity contribution in [3.8, 4) is 0 Å². The second-order valence-corrected chi connectivity index (χ2v) is 5.67. The maximum absolute atomic E-state index is 4.23. The Bertz CT molecular complexity index is 329. The Morgan fingerprint density at radius 2 is 1.94 bits per heavy atom. The van der Waals surface area contributed by atoms with E-state index in [1.54, 1.807) is 0 Å². The molecule has 1 aliphatic carbocycles. The molecule has 1 aromatic rings. The number of rotatable bonds is 4. The number of H-pyrrole nitrogens is 1. The second-order valence-electron chi connectivity index (χ2n) is 5.67. The normalized spacial score (nSPS) is 25.1. The Hall–Kier alpha value is -0.830. The van der Waals surface area contributed by atoms with Crippen LogP contribution >= 0.6 is 0 Å². The minimum absolute atomic E-state index is 0.888. The van der Waals surface area contributed by atoms with E-state index in [9.17, 15) is 0 Å². The van der Waals surface area contributed by atoms with Crippen molar-refractivity contribution in [1.29, 1.82) is 0 Å². The zero-order valence-electron chi connectivity index (χ0n) is 11.3. The summed E-state index contributed by atoms with van der Waals surface area (Å²) in [4.78, 5) is 0. The van der Waals surface area contributed by atoms with Crippen LogP contribution in [0.3, 0.4) is 0 Å². The molecule has 2 rings (SSSR count). The first-order valence-corrected chi connectivity index (χ1v) is 6.88. The van der Waals surface area contributed by atoms with Crippen molar-refractivity contribution in [2.24, 2.45) is 11.8 Å². The summed E-state index contributed by atoms with van der Waals surface area (Å²) in [5.74, 6) is 1.84. The molecular weight excluding hydrogens is 210 g/mol. The van der Waals surface area contributed by atoms with Gasteiger partial charge in [0.25, 0.3) is 0 Å². The number of nitrogens with zero attached hydrogens (tertiary/aromatic N) is 1. The highest BCUT2D eigenvalue weighted by Gasteiger charge is 2.17. The molecule has 1 fully saturated rings. The summed E-state index contributed by atoms with van der Waals surface area (Å²) in [7, 11) is 0. The molecule has 2 N–H and O–H groups in total. The summed E-state index contributed by atoms with van der Waals surface area (Å²) in [5.41, 5.74) is 3.67. The smallest absolute Gasteiger partial charge is 0.0638 e. The van der Waals surface area contributed by atoms with E-state index in [0.29, 0.717) is 0 Å². The molecule has 0 aromatic carbocycles. The first-order valence-electron chi connectivity index (χ1n) is 6.88. The zero-order chi connectivity index (χ0) is 12.3. The van der Waals surface area contributed by atoms with E-state index in [1.807, 2.05) is 0 Å². The van der Waals surface area contributed by atoms with Crippen LogP contribution in [0.25, 0.3) is 0 Å². The van der Waals surface area contributed by atoms with Gasteiger partial charge in [-0.15, -0.1) is 0 Å². The van der Waals surface area contributed by atoms with Crippen LogP contribution < -0.4 is 5.32 Å². The maximum atomic E-state index is 4.23.